The maximum absolute atomic E-state index is 10.4. The highest BCUT2D eigenvalue weighted by Gasteiger charge is 2.35. The second-order valence-electron chi connectivity index (χ2n) is 10.5. The van der Waals surface area contributed by atoms with Crippen molar-refractivity contribution in [2.45, 2.75) is 38.9 Å². The third-order valence-electron chi connectivity index (χ3n) is 7.51. The van der Waals surface area contributed by atoms with Gasteiger partial charge in [0, 0.05) is 41.9 Å². The standard InChI is InChI=1S/C31H28BNO2S/c1-30(2,34)31(3,4)35-32-20-15-13-19(14-16-20)28-24-18-17-22-21-9-6-8-12-26(21)36-29(22)27(24)23-10-5-7-11-25(23)33-28/h5-18,32,34H,1-4H3. The summed E-state index contributed by atoms with van der Waals surface area (Å²) < 4.78 is 8.68. The molecule has 0 saturated carbocycles. The van der Waals surface area contributed by atoms with E-state index in [-0.39, 0.29) is 0 Å². The lowest BCUT2D eigenvalue weighted by Crippen LogP contribution is -2.49. The molecule has 5 heteroatoms. The average molecular weight is 489 g/mol. The number of rotatable bonds is 5. The van der Waals surface area contributed by atoms with E-state index in [1.165, 1.54) is 36.3 Å². The number of hydrogen-bond donors (Lipinski definition) is 1. The number of thiophene rings is 1. The minimum atomic E-state index is -0.932. The van der Waals surface area contributed by atoms with Crippen molar-refractivity contribution in [1.29, 1.82) is 0 Å². The molecule has 3 nitrogen and oxygen atoms in total. The fourth-order valence-electron chi connectivity index (χ4n) is 4.64. The lowest BCUT2D eigenvalue weighted by Gasteiger charge is -2.37. The van der Waals surface area contributed by atoms with Crippen LogP contribution in [0.4, 0.5) is 0 Å². The van der Waals surface area contributed by atoms with Gasteiger partial charge >= 0.3 is 7.48 Å². The van der Waals surface area contributed by atoms with Gasteiger partial charge in [-0.3, -0.25) is 0 Å². The normalized spacial score (nSPS) is 12.7. The highest BCUT2D eigenvalue weighted by atomic mass is 32.1. The van der Waals surface area contributed by atoms with Gasteiger partial charge in [0.15, 0.2) is 0 Å². The second kappa shape index (κ2) is 8.41. The molecule has 0 atom stereocenters. The summed E-state index contributed by atoms with van der Waals surface area (Å²) in [5, 5.41) is 16.6. The molecule has 2 heterocycles. The predicted octanol–water partition coefficient (Wildman–Crippen LogP) is 6.97. The molecule has 2 aromatic heterocycles. The van der Waals surface area contributed by atoms with Crippen molar-refractivity contribution in [2.75, 3.05) is 0 Å². The van der Waals surface area contributed by atoms with E-state index in [4.69, 9.17) is 9.64 Å². The number of aromatic nitrogens is 1. The molecule has 6 rings (SSSR count). The Morgan fingerprint density at radius 3 is 2.17 bits per heavy atom. The van der Waals surface area contributed by atoms with Crippen molar-refractivity contribution in [3.8, 4) is 11.3 Å². The minimum absolute atomic E-state index is 0.436. The lowest BCUT2D eigenvalue weighted by molar-refractivity contribution is -0.0893. The molecule has 0 spiro atoms. The Labute approximate surface area is 215 Å². The first-order valence-electron chi connectivity index (χ1n) is 12.3. The van der Waals surface area contributed by atoms with Crippen LogP contribution in [0.1, 0.15) is 27.7 Å². The molecule has 0 unspecified atom stereocenters. The second-order valence-corrected chi connectivity index (χ2v) is 11.5. The summed E-state index contributed by atoms with van der Waals surface area (Å²) in [6, 6.07) is 30.0. The fraction of sp³-hybridized carbons (Fsp3) is 0.194. The first-order valence-corrected chi connectivity index (χ1v) is 13.1. The van der Waals surface area contributed by atoms with Crippen LogP contribution >= 0.6 is 11.3 Å². The molecular weight excluding hydrogens is 461 g/mol. The van der Waals surface area contributed by atoms with E-state index in [0.29, 0.717) is 7.48 Å². The van der Waals surface area contributed by atoms with Crippen molar-refractivity contribution in [3.05, 3.63) is 84.9 Å². The molecule has 0 aliphatic carbocycles. The molecular formula is C31H28BNO2S. The summed E-state index contributed by atoms with van der Waals surface area (Å²) in [4.78, 5) is 5.12. The van der Waals surface area contributed by atoms with E-state index in [9.17, 15) is 5.11 Å². The molecule has 0 amide bonds. The molecule has 36 heavy (non-hydrogen) atoms. The summed E-state index contributed by atoms with van der Waals surface area (Å²) in [5.41, 5.74) is 2.55. The third kappa shape index (κ3) is 3.79. The molecule has 0 aliphatic heterocycles. The summed E-state index contributed by atoms with van der Waals surface area (Å²) >= 11 is 1.86. The van der Waals surface area contributed by atoms with Crippen molar-refractivity contribution in [1.82, 2.24) is 4.98 Å². The SMILES string of the molecule is CC(C)(O)C(C)(C)OBc1ccc(-c2nc3ccccc3c3c2ccc2c4ccccc4sc23)cc1. The van der Waals surface area contributed by atoms with Crippen LogP contribution < -0.4 is 5.46 Å². The van der Waals surface area contributed by atoms with Gasteiger partial charge in [-0.05, 0) is 39.8 Å². The number of para-hydroxylation sites is 1. The van der Waals surface area contributed by atoms with Crippen LogP contribution in [0.2, 0.25) is 0 Å². The monoisotopic (exact) mass is 489 g/mol. The molecule has 178 valence electrons. The number of fused-ring (bicyclic) bond motifs is 7. The number of nitrogens with zero attached hydrogens (tertiary/aromatic N) is 1. The van der Waals surface area contributed by atoms with Gasteiger partial charge in [-0.2, -0.15) is 0 Å². The quantitative estimate of drug-likeness (QED) is 0.210. The van der Waals surface area contributed by atoms with E-state index >= 15 is 0 Å². The maximum atomic E-state index is 10.4. The van der Waals surface area contributed by atoms with Gasteiger partial charge in [0.1, 0.15) is 0 Å². The molecule has 1 N–H and O–H groups in total. The molecule has 0 saturated heterocycles. The summed E-state index contributed by atoms with van der Waals surface area (Å²) in [6.07, 6.45) is 0. The van der Waals surface area contributed by atoms with E-state index in [1.807, 2.05) is 25.2 Å². The zero-order valence-corrected chi connectivity index (χ0v) is 21.8. The van der Waals surface area contributed by atoms with Crippen molar-refractivity contribution in [2.24, 2.45) is 0 Å². The van der Waals surface area contributed by atoms with E-state index < -0.39 is 11.2 Å². The largest absolute Gasteiger partial charge is 0.427 e. The smallest absolute Gasteiger partial charge is 0.309 e. The summed E-state index contributed by atoms with van der Waals surface area (Å²) in [6.45, 7) is 7.39. The third-order valence-corrected chi connectivity index (χ3v) is 8.71. The first kappa shape index (κ1) is 23.2. The Morgan fingerprint density at radius 1 is 0.750 bits per heavy atom. The van der Waals surface area contributed by atoms with Gasteiger partial charge in [0.05, 0.1) is 22.4 Å². The Morgan fingerprint density at radius 2 is 1.42 bits per heavy atom. The molecule has 0 aliphatic rings. The van der Waals surface area contributed by atoms with Crippen molar-refractivity contribution in [3.63, 3.8) is 0 Å². The van der Waals surface area contributed by atoms with Crippen LogP contribution in [0, 0.1) is 0 Å². The highest BCUT2D eigenvalue weighted by Crippen LogP contribution is 2.43. The molecule has 6 aromatic rings. The van der Waals surface area contributed by atoms with Gasteiger partial charge in [0.2, 0.25) is 0 Å². The van der Waals surface area contributed by atoms with E-state index in [1.54, 1.807) is 13.8 Å². The highest BCUT2D eigenvalue weighted by molar-refractivity contribution is 7.26. The van der Waals surface area contributed by atoms with Crippen LogP contribution in [-0.4, -0.2) is 28.8 Å². The predicted molar refractivity (Wildman–Crippen MR) is 156 cm³/mol. The van der Waals surface area contributed by atoms with Crippen LogP contribution in [0.15, 0.2) is 84.9 Å². The van der Waals surface area contributed by atoms with Gasteiger partial charge < -0.3 is 9.76 Å². The average Bonchev–Trinajstić information content (AvgIpc) is 3.25. The van der Waals surface area contributed by atoms with Crippen LogP contribution in [0.3, 0.4) is 0 Å². The van der Waals surface area contributed by atoms with Crippen LogP contribution in [-0.2, 0) is 4.65 Å². The van der Waals surface area contributed by atoms with Gasteiger partial charge in [-0.15, -0.1) is 11.3 Å². The zero-order chi connectivity index (χ0) is 25.1. The number of benzene rings is 4. The Kier molecular flexibility index (Phi) is 5.41. The topological polar surface area (TPSA) is 42.4 Å². The van der Waals surface area contributed by atoms with Crippen LogP contribution in [0.5, 0.6) is 0 Å². The van der Waals surface area contributed by atoms with E-state index in [2.05, 4.69) is 84.9 Å². The van der Waals surface area contributed by atoms with E-state index in [0.717, 1.165) is 22.2 Å². The number of hydrogen-bond acceptors (Lipinski definition) is 4. The fourth-order valence-corrected chi connectivity index (χ4v) is 5.90. The van der Waals surface area contributed by atoms with Crippen molar-refractivity contribution < 1.29 is 9.76 Å². The van der Waals surface area contributed by atoms with Crippen LogP contribution in [0.25, 0.3) is 53.1 Å². The molecule has 0 bridgehead atoms. The Bertz CT molecular complexity index is 1750. The maximum Gasteiger partial charge on any atom is 0.309 e. The van der Waals surface area contributed by atoms with Gasteiger partial charge in [0.25, 0.3) is 0 Å². The number of pyridine rings is 1. The van der Waals surface area contributed by atoms with Crippen molar-refractivity contribution >= 4 is 66.1 Å². The zero-order valence-electron chi connectivity index (χ0n) is 21.0. The van der Waals surface area contributed by atoms with Gasteiger partial charge in [-0.25, -0.2) is 4.98 Å². The number of aliphatic hydroxyl groups is 1. The molecule has 4 aromatic carbocycles. The Balaban J connectivity index is 1.49. The minimum Gasteiger partial charge on any atom is -0.427 e. The van der Waals surface area contributed by atoms with Gasteiger partial charge in [-0.1, -0.05) is 78.3 Å². The first-order chi connectivity index (χ1) is 17.2. The summed E-state index contributed by atoms with van der Waals surface area (Å²) in [5.74, 6) is 0. The molecule has 0 fully saturated rings. The Hall–Kier alpha value is -3.25. The summed E-state index contributed by atoms with van der Waals surface area (Å²) in [7, 11) is 0.436. The lowest BCUT2D eigenvalue weighted by atomic mass is 9.82. The molecule has 0 radical (unpaired) electrons.